The molecule has 0 radical (unpaired) electrons. The highest BCUT2D eigenvalue weighted by Crippen LogP contribution is 2.34. The second-order valence-electron chi connectivity index (χ2n) is 4.85. The van der Waals surface area contributed by atoms with Crippen LogP contribution in [0.5, 0.6) is 5.75 Å². The lowest BCUT2D eigenvalue weighted by atomic mass is 10.1. The van der Waals surface area contributed by atoms with Crippen molar-refractivity contribution in [1.82, 2.24) is 14.7 Å². The smallest absolute Gasteiger partial charge is 0.329 e. The number of urea groups is 2. The lowest BCUT2D eigenvalue weighted by molar-refractivity contribution is -0.132. The van der Waals surface area contributed by atoms with Crippen LogP contribution >= 0.6 is 0 Å². The minimum absolute atomic E-state index is 0.332. The fraction of sp³-hybridized carbons (Fsp3) is 0.357. The molecule has 1 saturated heterocycles. The molecule has 21 heavy (non-hydrogen) atoms. The molecule has 0 bridgehead atoms. The number of imide groups is 1. The summed E-state index contributed by atoms with van der Waals surface area (Å²) in [6, 6.07) is 6.01. The van der Waals surface area contributed by atoms with Crippen molar-refractivity contribution in [3.8, 4) is 5.75 Å². The summed E-state index contributed by atoms with van der Waals surface area (Å²) < 4.78 is 5.16. The number of carbonyl (C=O) groups excluding carboxylic acids is 3. The first-order valence-electron chi connectivity index (χ1n) is 6.39. The average molecular weight is 291 g/mol. The number of nitrogens with zero attached hydrogens (tertiary/aromatic N) is 3. The second kappa shape index (κ2) is 5.43. The maximum Gasteiger partial charge on any atom is 0.329 e. The summed E-state index contributed by atoms with van der Waals surface area (Å²) in [5.41, 5.74) is 0.576. The Morgan fingerprint density at radius 3 is 2.10 bits per heavy atom. The van der Waals surface area contributed by atoms with Crippen molar-refractivity contribution in [3.63, 3.8) is 0 Å². The number of para-hydroxylation sites is 1. The Morgan fingerprint density at radius 2 is 1.57 bits per heavy atom. The van der Waals surface area contributed by atoms with E-state index < -0.39 is 24.2 Å². The first-order valence-corrected chi connectivity index (χ1v) is 6.39. The van der Waals surface area contributed by atoms with Crippen LogP contribution < -0.4 is 4.74 Å². The van der Waals surface area contributed by atoms with Gasteiger partial charge in [0, 0.05) is 33.6 Å². The summed E-state index contributed by atoms with van der Waals surface area (Å²) in [6.45, 7) is 1.30. The van der Waals surface area contributed by atoms with Gasteiger partial charge in [0.2, 0.25) is 0 Å². The van der Waals surface area contributed by atoms with E-state index in [1.165, 1.54) is 23.8 Å². The van der Waals surface area contributed by atoms with Crippen LogP contribution in [0.15, 0.2) is 24.3 Å². The van der Waals surface area contributed by atoms with Crippen molar-refractivity contribution in [3.05, 3.63) is 29.8 Å². The Morgan fingerprint density at radius 1 is 1.05 bits per heavy atom. The molecule has 1 fully saturated rings. The number of benzene rings is 1. The zero-order chi connectivity index (χ0) is 15.7. The SMILES string of the molecule is CC(=O)Oc1ccccc1C1N(C)C(=O)N(C)C(=O)N1C. The molecule has 0 atom stereocenters. The quantitative estimate of drug-likeness (QED) is 0.614. The maximum absolute atomic E-state index is 12.1. The Labute approximate surface area is 122 Å². The van der Waals surface area contributed by atoms with E-state index in [0.717, 1.165) is 4.90 Å². The molecule has 0 saturated carbocycles. The first kappa shape index (κ1) is 14.8. The third-order valence-electron chi connectivity index (χ3n) is 3.36. The molecule has 112 valence electrons. The third-order valence-corrected chi connectivity index (χ3v) is 3.36. The minimum atomic E-state index is -0.628. The number of hydrogen-bond donors (Lipinski definition) is 0. The predicted molar refractivity (Wildman–Crippen MR) is 74.6 cm³/mol. The van der Waals surface area contributed by atoms with Crippen molar-refractivity contribution in [2.75, 3.05) is 21.1 Å². The van der Waals surface area contributed by atoms with Gasteiger partial charge in [0.05, 0.1) is 0 Å². The van der Waals surface area contributed by atoms with Gasteiger partial charge in [-0.2, -0.15) is 0 Å². The molecule has 0 aliphatic carbocycles. The van der Waals surface area contributed by atoms with Crippen molar-refractivity contribution < 1.29 is 19.1 Å². The Hall–Kier alpha value is -2.57. The van der Waals surface area contributed by atoms with Crippen LogP contribution in [0.4, 0.5) is 9.59 Å². The van der Waals surface area contributed by atoms with E-state index in [1.54, 1.807) is 38.4 Å². The lowest BCUT2D eigenvalue weighted by Gasteiger charge is -2.43. The molecular formula is C14H17N3O4. The normalized spacial score (nSPS) is 16.5. The van der Waals surface area contributed by atoms with E-state index in [1.807, 2.05) is 0 Å². The van der Waals surface area contributed by atoms with E-state index in [-0.39, 0.29) is 0 Å². The molecule has 4 amide bonds. The average Bonchev–Trinajstić information content (AvgIpc) is 2.44. The van der Waals surface area contributed by atoms with Crippen molar-refractivity contribution in [2.45, 2.75) is 13.1 Å². The number of amides is 4. The molecule has 1 aliphatic heterocycles. The number of esters is 1. The highest BCUT2D eigenvalue weighted by molar-refractivity contribution is 5.95. The van der Waals surface area contributed by atoms with E-state index in [0.29, 0.717) is 11.3 Å². The molecule has 1 aromatic rings. The number of ether oxygens (including phenoxy) is 1. The molecule has 1 heterocycles. The van der Waals surface area contributed by atoms with Crippen LogP contribution in [0.3, 0.4) is 0 Å². The van der Waals surface area contributed by atoms with Crippen LogP contribution in [0, 0.1) is 0 Å². The first-order chi connectivity index (χ1) is 9.84. The van der Waals surface area contributed by atoms with Crippen LogP contribution in [0.1, 0.15) is 18.7 Å². The molecular weight excluding hydrogens is 274 g/mol. The van der Waals surface area contributed by atoms with Gasteiger partial charge in [-0.3, -0.25) is 4.79 Å². The van der Waals surface area contributed by atoms with E-state index in [4.69, 9.17) is 4.74 Å². The molecule has 7 nitrogen and oxygen atoms in total. The lowest BCUT2D eigenvalue weighted by Crippen LogP contribution is -2.58. The van der Waals surface area contributed by atoms with E-state index in [2.05, 4.69) is 0 Å². The van der Waals surface area contributed by atoms with Gasteiger partial charge < -0.3 is 14.5 Å². The maximum atomic E-state index is 12.1. The summed E-state index contributed by atoms with van der Waals surface area (Å²) in [6.07, 6.45) is -0.628. The summed E-state index contributed by atoms with van der Waals surface area (Å²) in [5, 5.41) is 0. The molecule has 0 unspecified atom stereocenters. The molecule has 1 aromatic carbocycles. The van der Waals surface area contributed by atoms with Gasteiger partial charge in [-0.1, -0.05) is 18.2 Å². The fourth-order valence-electron chi connectivity index (χ4n) is 2.38. The van der Waals surface area contributed by atoms with Gasteiger partial charge in [-0.15, -0.1) is 0 Å². The van der Waals surface area contributed by atoms with Crippen LogP contribution in [-0.2, 0) is 4.79 Å². The van der Waals surface area contributed by atoms with E-state index >= 15 is 0 Å². The largest absolute Gasteiger partial charge is 0.426 e. The van der Waals surface area contributed by atoms with Gasteiger partial charge in [0.1, 0.15) is 11.9 Å². The van der Waals surface area contributed by atoms with Gasteiger partial charge >= 0.3 is 18.0 Å². The highest BCUT2D eigenvalue weighted by atomic mass is 16.5. The van der Waals surface area contributed by atoms with Gasteiger partial charge in [-0.05, 0) is 6.07 Å². The van der Waals surface area contributed by atoms with E-state index in [9.17, 15) is 14.4 Å². The standard InChI is InChI=1S/C14H17N3O4/c1-9(18)21-11-8-6-5-7-10(11)12-15(2)13(19)17(4)14(20)16(12)3/h5-8,12H,1-4H3. The Balaban J connectivity index is 2.47. The monoisotopic (exact) mass is 291 g/mol. The van der Waals surface area contributed by atoms with Gasteiger partial charge in [0.25, 0.3) is 0 Å². The Bertz CT molecular complexity index is 580. The molecule has 0 N–H and O–H groups in total. The molecule has 1 aliphatic rings. The number of carbonyl (C=O) groups is 3. The molecule has 7 heteroatoms. The molecule has 0 aromatic heterocycles. The summed E-state index contributed by atoms with van der Waals surface area (Å²) >= 11 is 0. The number of hydrogen-bond acceptors (Lipinski definition) is 4. The zero-order valence-corrected chi connectivity index (χ0v) is 12.4. The van der Waals surface area contributed by atoms with Crippen molar-refractivity contribution >= 4 is 18.0 Å². The molecule has 0 spiro atoms. The summed E-state index contributed by atoms with van der Waals surface area (Å²) in [5.74, 6) is -0.128. The van der Waals surface area contributed by atoms with Crippen molar-refractivity contribution in [1.29, 1.82) is 0 Å². The molecule has 2 rings (SSSR count). The summed E-state index contributed by atoms with van der Waals surface area (Å²) in [7, 11) is 4.61. The van der Waals surface area contributed by atoms with Gasteiger partial charge in [-0.25, -0.2) is 14.5 Å². The number of rotatable bonds is 2. The fourth-order valence-corrected chi connectivity index (χ4v) is 2.38. The zero-order valence-electron chi connectivity index (χ0n) is 12.4. The Kier molecular flexibility index (Phi) is 3.84. The van der Waals surface area contributed by atoms with Crippen LogP contribution in [0.25, 0.3) is 0 Å². The van der Waals surface area contributed by atoms with Crippen LogP contribution in [0.2, 0.25) is 0 Å². The van der Waals surface area contributed by atoms with Crippen LogP contribution in [-0.4, -0.2) is 53.9 Å². The minimum Gasteiger partial charge on any atom is -0.426 e. The second-order valence-corrected chi connectivity index (χ2v) is 4.85. The van der Waals surface area contributed by atoms with Crippen molar-refractivity contribution in [2.24, 2.45) is 0 Å². The topological polar surface area (TPSA) is 70.2 Å². The third kappa shape index (κ3) is 2.54. The highest BCUT2D eigenvalue weighted by Gasteiger charge is 2.40. The van der Waals surface area contributed by atoms with Gasteiger partial charge in [0.15, 0.2) is 0 Å². The summed E-state index contributed by atoms with van der Waals surface area (Å²) in [4.78, 5) is 39.3. The predicted octanol–water partition coefficient (Wildman–Crippen LogP) is 1.66.